The van der Waals surface area contributed by atoms with Crippen LogP contribution < -0.4 is 9.83 Å². The molecular formula is C34H32BrN2OP. The highest BCUT2D eigenvalue weighted by Crippen LogP contribution is 2.62. The Labute approximate surface area is 238 Å². The van der Waals surface area contributed by atoms with Crippen molar-refractivity contribution in [1.29, 1.82) is 0 Å². The summed E-state index contributed by atoms with van der Waals surface area (Å²) in [6.45, 7) is 9.90. The van der Waals surface area contributed by atoms with E-state index in [9.17, 15) is 0 Å². The summed E-state index contributed by atoms with van der Waals surface area (Å²) in [5, 5.41) is 5.67. The van der Waals surface area contributed by atoms with Gasteiger partial charge in [0.2, 0.25) is 0 Å². The molecule has 1 unspecified atom stereocenters. The molecule has 39 heavy (non-hydrogen) atoms. The number of rotatable bonds is 5. The van der Waals surface area contributed by atoms with Crippen LogP contribution in [-0.4, -0.2) is 9.72 Å². The lowest BCUT2D eigenvalue weighted by atomic mass is 10.1. The molecule has 0 saturated carbocycles. The van der Waals surface area contributed by atoms with Crippen molar-refractivity contribution in [2.75, 3.05) is 0 Å². The third-order valence-corrected chi connectivity index (χ3v) is 11.7. The molecule has 1 atom stereocenters. The smallest absolute Gasteiger partial charge is 0.173 e. The van der Waals surface area contributed by atoms with Gasteiger partial charge in [-0.3, -0.25) is 0 Å². The first-order chi connectivity index (χ1) is 18.8. The van der Waals surface area contributed by atoms with Gasteiger partial charge in [0.1, 0.15) is 5.75 Å². The summed E-state index contributed by atoms with van der Waals surface area (Å²) in [5.74, 6) is 0.821. The standard InChI is InChI=1S/C34H32BrN2OP/c1-5-37-32-16-9-8-14-29(32)30-23-27(21-22-33(30)37)39(34(2,3)4,38-26-19-17-25(35)18-20-26)36-31-15-10-12-24-11-6-7-13-28(24)31/h6-23H,5H2,1-4H3. The van der Waals surface area contributed by atoms with Gasteiger partial charge in [0.05, 0.1) is 5.69 Å². The number of nitrogens with zero attached hydrogens (tertiary/aromatic N) is 2. The maximum absolute atomic E-state index is 7.17. The lowest BCUT2D eigenvalue weighted by Crippen LogP contribution is -2.27. The fourth-order valence-electron chi connectivity index (χ4n) is 5.47. The summed E-state index contributed by atoms with van der Waals surface area (Å²) in [7, 11) is -2.68. The summed E-state index contributed by atoms with van der Waals surface area (Å²) in [5.41, 5.74) is 3.46. The number of aromatic nitrogens is 1. The van der Waals surface area contributed by atoms with Crippen LogP contribution in [0.4, 0.5) is 5.69 Å². The van der Waals surface area contributed by atoms with Gasteiger partial charge in [0.15, 0.2) is 7.28 Å². The summed E-state index contributed by atoms with van der Waals surface area (Å²) in [6.07, 6.45) is 0. The van der Waals surface area contributed by atoms with Crippen molar-refractivity contribution in [2.24, 2.45) is 4.74 Å². The fraction of sp³-hybridized carbons (Fsp3) is 0.176. The summed E-state index contributed by atoms with van der Waals surface area (Å²) >= 11 is 3.58. The molecule has 1 aromatic heterocycles. The second-order valence-electron chi connectivity index (χ2n) is 10.9. The molecule has 0 fully saturated rings. The van der Waals surface area contributed by atoms with E-state index in [1.807, 2.05) is 24.3 Å². The number of fused-ring (bicyclic) bond motifs is 4. The largest absolute Gasteiger partial charge is 0.455 e. The Morgan fingerprint density at radius 3 is 2.15 bits per heavy atom. The van der Waals surface area contributed by atoms with Gasteiger partial charge in [-0.25, -0.2) is 4.74 Å². The van der Waals surface area contributed by atoms with Gasteiger partial charge < -0.3 is 9.09 Å². The minimum absolute atomic E-state index is 0.284. The molecule has 0 aliphatic rings. The van der Waals surface area contributed by atoms with Crippen molar-refractivity contribution < 1.29 is 4.52 Å². The van der Waals surface area contributed by atoms with Crippen LogP contribution in [0.15, 0.2) is 118 Å². The normalized spacial score (nSPS) is 13.6. The van der Waals surface area contributed by atoms with Gasteiger partial charge >= 0.3 is 0 Å². The molecule has 0 saturated heterocycles. The average molecular weight is 596 g/mol. The zero-order chi connectivity index (χ0) is 27.2. The predicted molar refractivity (Wildman–Crippen MR) is 172 cm³/mol. The van der Waals surface area contributed by atoms with E-state index in [0.29, 0.717) is 0 Å². The Morgan fingerprint density at radius 2 is 1.41 bits per heavy atom. The molecule has 0 radical (unpaired) electrons. The molecule has 0 bridgehead atoms. The van der Waals surface area contributed by atoms with Crippen molar-refractivity contribution in [3.63, 3.8) is 0 Å². The Kier molecular flexibility index (Phi) is 6.65. The highest BCUT2D eigenvalue weighted by molar-refractivity contribution is 9.10. The van der Waals surface area contributed by atoms with Crippen LogP contribution in [0.5, 0.6) is 5.75 Å². The van der Waals surface area contributed by atoms with Crippen LogP contribution in [-0.2, 0) is 6.54 Å². The van der Waals surface area contributed by atoms with E-state index in [4.69, 9.17) is 9.27 Å². The first-order valence-electron chi connectivity index (χ1n) is 13.4. The molecule has 0 amide bonds. The van der Waals surface area contributed by atoms with E-state index in [0.717, 1.165) is 33.1 Å². The molecule has 0 aliphatic carbocycles. The second kappa shape index (κ2) is 10.0. The molecule has 6 rings (SSSR count). The first kappa shape index (κ1) is 25.9. The average Bonchev–Trinajstić information content (AvgIpc) is 3.26. The molecule has 6 aromatic rings. The van der Waals surface area contributed by atoms with E-state index in [-0.39, 0.29) is 5.16 Å². The van der Waals surface area contributed by atoms with Gasteiger partial charge in [0.25, 0.3) is 0 Å². The van der Waals surface area contributed by atoms with Crippen molar-refractivity contribution >= 4 is 66.8 Å². The maximum Gasteiger partial charge on any atom is 0.173 e. The third-order valence-electron chi connectivity index (χ3n) is 7.40. The van der Waals surface area contributed by atoms with Gasteiger partial charge in [-0.15, -0.1) is 0 Å². The van der Waals surface area contributed by atoms with Crippen LogP contribution in [0.25, 0.3) is 32.6 Å². The highest BCUT2D eigenvalue weighted by atomic mass is 79.9. The number of benzene rings is 5. The van der Waals surface area contributed by atoms with Crippen LogP contribution >= 0.6 is 23.2 Å². The number of hydrogen-bond donors (Lipinski definition) is 0. The van der Waals surface area contributed by atoms with E-state index in [2.05, 4.69) is 133 Å². The number of aryl methyl sites for hydroxylation is 1. The SMILES string of the molecule is CCn1c2ccccc2c2cc(P(=Nc3cccc4ccccc34)(Oc3ccc(Br)cc3)C(C)(C)C)ccc21. The molecule has 0 aliphatic heterocycles. The Balaban J connectivity index is 1.70. The molecule has 0 N–H and O–H groups in total. The monoisotopic (exact) mass is 594 g/mol. The lowest BCUT2D eigenvalue weighted by molar-refractivity contribution is 0.571. The van der Waals surface area contributed by atoms with Gasteiger partial charge in [-0.05, 0) is 66.9 Å². The quantitative estimate of drug-likeness (QED) is 0.182. The zero-order valence-corrected chi connectivity index (χ0v) is 25.2. The van der Waals surface area contributed by atoms with Crippen LogP contribution in [0.3, 0.4) is 0 Å². The van der Waals surface area contributed by atoms with Crippen molar-refractivity contribution in [3.8, 4) is 5.75 Å². The van der Waals surface area contributed by atoms with Crippen molar-refractivity contribution in [1.82, 2.24) is 4.57 Å². The molecule has 5 aromatic carbocycles. The number of hydrogen-bond acceptors (Lipinski definition) is 2. The first-order valence-corrected chi connectivity index (χ1v) is 15.8. The van der Waals surface area contributed by atoms with Crippen molar-refractivity contribution in [3.05, 3.63) is 114 Å². The molecule has 0 spiro atoms. The third kappa shape index (κ3) is 4.50. The molecule has 196 valence electrons. The van der Waals surface area contributed by atoms with Crippen LogP contribution in [0.1, 0.15) is 27.7 Å². The van der Waals surface area contributed by atoms with E-state index in [1.165, 1.54) is 27.2 Å². The maximum atomic E-state index is 7.17. The molecule has 1 heterocycles. The lowest BCUT2D eigenvalue weighted by Gasteiger charge is -2.37. The number of para-hydroxylation sites is 1. The Hall–Kier alpha value is -3.33. The molecular weight excluding hydrogens is 563 g/mol. The topological polar surface area (TPSA) is 26.5 Å². The zero-order valence-electron chi connectivity index (χ0n) is 22.7. The van der Waals surface area contributed by atoms with E-state index >= 15 is 0 Å². The summed E-state index contributed by atoms with van der Waals surface area (Å²) in [6, 6.07) is 38.5. The Morgan fingerprint density at radius 1 is 0.744 bits per heavy atom. The van der Waals surface area contributed by atoms with Gasteiger partial charge in [-0.2, -0.15) is 0 Å². The van der Waals surface area contributed by atoms with Gasteiger partial charge in [-0.1, -0.05) is 91.3 Å². The molecule has 5 heteroatoms. The number of halogens is 1. The molecule has 3 nitrogen and oxygen atoms in total. The van der Waals surface area contributed by atoms with E-state index < -0.39 is 7.28 Å². The van der Waals surface area contributed by atoms with Crippen LogP contribution in [0.2, 0.25) is 0 Å². The summed E-state index contributed by atoms with van der Waals surface area (Å²) in [4.78, 5) is 0. The van der Waals surface area contributed by atoms with Crippen molar-refractivity contribution in [2.45, 2.75) is 39.4 Å². The highest BCUT2D eigenvalue weighted by Gasteiger charge is 2.39. The predicted octanol–water partition coefficient (Wildman–Crippen LogP) is 10.7. The minimum atomic E-state index is -2.68. The van der Waals surface area contributed by atoms with Gasteiger partial charge in [0, 0.05) is 48.7 Å². The second-order valence-corrected chi connectivity index (χ2v) is 15.2. The van der Waals surface area contributed by atoms with Crippen LogP contribution in [0, 0.1) is 0 Å². The minimum Gasteiger partial charge on any atom is -0.455 e. The summed E-state index contributed by atoms with van der Waals surface area (Å²) < 4.78 is 16.2. The van der Waals surface area contributed by atoms with E-state index in [1.54, 1.807) is 0 Å². The Bertz CT molecular complexity index is 1870. The fourth-order valence-corrected chi connectivity index (χ4v) is 8.83.